The molecule has 0 bridgehead atoms. The molecule has 140 valence electrons. The summed E-state index contributed by atoms with van der Waals surface area (Å²) in [5.74, 6) is 1.13. The van der Waals surface area contributed by atoms with Gasteiger partial charge in [0.2, 0.25) is 0 Å². The Morgan fingerprint density at radius 2 is 1.92 bits per heavy atom. The predicted octanol–water partition coefficient (Wildman–Crippen LogP) is 2.88. The van der Waals surface area contributed by atoms with Gasteiger partial charge in [-0.1, -0.05) is 0 Å². The van der Waals surface area contributed by atoms with Gasteiger partial charge >= 0.3 is 0 Å². The lowest BCUT2D eigenvalue weighted by Gasteiger charge is -2.11. The largest absolute Gasteiger partial charge is 0.491 e. The van der Waals surface area contributed by atoms with Gasteiger partial charge < -0.3 is 20.3 Å². The van der Waals surface area contributed by atoms with Gasteiger partial charge in [-0.15, -0.1) is 0 Å². The Kier molecular flexibility index (Phi) is 7.35. The highest BCUT2D eigenvalue weighted by Gasteiger charge is 2.09. The Morgan fingerprint density at radius 3 is 2.58 bits per heavy atom. The van der Waals surface area contributed by atoms with E-state index in [-0.39, 0.29) is 12.0 Å². The van der Waals surface area contributed by atoms with Crippen LogP contribution in [0.15, 0.2) is 36.7 Å². The van der Waals surface area contributed by atoms with Crippen molar-refractivity contribution in [2.75, 3.05) is 37.8 Å². The van der Waals surface area contributed by atoms with Gasteiger partial charge in [0, 0.05) is 18.3 Å². The molecule has 0 aliphatic rings. The fourth-order valence-electron chi connectivity index (χ4n) is 2.27. The predicted molar refractivity (Wildman–Crippen MR) is 104 cm³/mol. The van der Waals surface area contributed by atoms with E-state index in [4.69, 9.17) is 4.74 Å². The lowest BCUT2D eigenvalue weighted by Crippen LogP contribution is -2.17. The summed E-state index contributed by atoms with van der Waals surface area (Å²) in [7, 11) is 4.07. The third-order valence-corrected chi connectivity index (χ3v) is 3.47. The number of benzene rings is 1. The van der Waals surface area contributed by atoms with Crippen LogP contribution in [0, 0.1) is 0 Å². The summed E-state index contributed by atoms with van der Waals surface area (Å²) in [6.07, 6.45) is 2.49. The van der Waals surface area contributed by atoms with E-state index in [9.17, 15) is 4.79 Å². The molecule has 0 spiro atoms. The van der Waals surface area contributed by atoms with Crippen LogP contribution in [0.4, 0.5) is 11.5 Å². The fraction of sp³-hybridized carbons (Fsp3) is 0.421. The normalized spacial score (nSPS) is 10.8. The molecule has 2 N–H and O–H groups in total. The van der Waals surface area contributed by atoms with E-state index in [0.717, 1.165) is 25.3 Å². The van der Waals surface area contributed by atoms with Gasteiger partial charge in [-0.2, -0.15) is 0 Å². The highest BCUT2D eigenvalue weighted by Crippen LogP contribution is 2.17. The van der Waals surface area contributed by atoms with Gasteiger partial charge in [0.15, 0.2) is 0 Å². The summed E-state index contributed by atoms with van der Waals surface area (Å²) in [6, 6.07) is 8.91. The molecular weight excluding hydrogens is 330 g/mol. The molecule has 0 unspecified atom stereocenters. The lowest BCUT2D eigenvalue weighted by molar-refractivity contribution is 0.102. The van der Waals surface area contributed by atoms with Gasteiger partial charge in [-0.05, 0) is 65.2 Å². The first-order valence-corrected chi connectivity index (χ1v) is 8.73. The lowest BCUT2D eigenvalue weighted by atomic mass is 10.2. The Labute approximate surface area is 154 Å². The second-order valence-corrected chi connectivity index (χ2v) is 6.52. The number of aromatic nitrogens is 2. The Bertz CT molecular complexity index is 701. The highest BCUT2D eigenvalue weighted by atomic mass is 16.5. The molecule has 0 atom stereocenters. The van der Waals surface area contributed by atoms with Crippen LogP contribution in [0.25, 0.3) is 0 Å². The van der Waals surface area contributed by atoms with E-state index in [1.165, 1.54) is 6.33 Å². The van der Waals surface area contributed by atoms with Crippen LogP contribution >= 0.6 is 0 Å². The molecule has 26 heavy (non-hydrogen) atoms. The summed E-state index contributed by atoms with van der Waals surface area (Å²) in [6.45, 7) is 5.71. The maximum Gasteiger partial charge on any atom is 0.274 e. The molecule has 1 amide bonds. The molecule has 1 aromatic carbocycles. The van der Waals surface area contributed by atoms with Gasteiger partial charge in [0.1, 0.15) is 23.6 Å². The zero-order chi connectivity index (χ0) is 18.9. The first-order valence-electron chi connectivity index (χ1n) is 8.73. The summed E-state index contributed by atoms with van der Waals surface area (Å²) in [4.78, 5) is 22.7. The van der Waals surface area contributed by atoms with Gasteiger partial charge in [-0.25, -0.2) is 9.97 Å². The average Bonchev–Trinajstić information content (AvgIpc) is 2.60. The third kappa shape index (κ3) is 6.68. The number of anilines is 2. The summed E-state index contributed by atoms with van der Waals surface area (Å²) in [5.41, 5.74) is 1.00. The second kappa shape index (κ2) is 9.72. The third-order valence-electron chi connectivity index (χ3n) is 3.47. The van der Waals surface area contributed by atoms with Crippen molar-refractivity contribution in [2.24, 2.45) is 0 Å². The molecule has 2 rings (SSSR count). The van der Waals surface area contributed by atoms with Crippen molar-refractivity contribution in [1.29, 1.82) is 0 Å². The monoisotopic (exact) mass is 357 g/mol. The molecule has 0 saturated heterocycles. The van der Waals surface area contributed by atoms with E-state index in [2.05, 4.69) is 25.5 Å². The number of hydrogen-bond donors (Lipinski definition) is 2. The first-order chi connectivity index (χ1) is 12.4. The highest BCUT2D eigenvalue weighted by molar-refractivity contribution is 6.03. The van der Waals surface area contributed by atoms with E-state index < -0.39 is 0 Å². The van der Waals surface area contributed by atoms with Crippen molar-refractivity contribution in [3.8, 4) is 5.75 Å². The molecule has 7 nitrogen and oxygen atoms in total. The smallest absolute Gasteiger partial charge is 0.274 e. The van der Waals surface area contributed by atoms with E-state index in [0.29, 0.717) is 17.2 Å². The van der Waals surface area contributed by atoms with Crippen molar-refractivity contribution in [3.05, 3.63) is 42.4 Å². The minimum atomic E-state index is -0.277. The molecular formula is C19H27N5O2. The standard InChI is InChI=1S/C19H27N5O2/c1-14(2)26-16-8-6-15(7-9-16)23-19(25)17-12-18(22-13-21-17)20-10-5-11-24(3)4/h6-9,12-14H,5,10-11H2,1-4H3,(H,23,25)(H,20,21,22). The number of amides is 1. The van der Waals surface area contributed by atoms with Gasteiger partial charge in [-0.3, -0.25) is 4.79 Å². The average molecular weight is 357 g/mol. The van der Waals surface area contributed by atoms with E-state index in [1.807, 2.05) is 40.1 Å². The molecule has 1 aromatic heterocycles. The summed E-state index contributed by atoms with van der Waals surface area (Å²) in [5, 5.41) is 6.04. The number of ether oxygens (including phenoxy) is 1. The quantitative estimate of drug-likeness (QED) is 0.672. The van der Waals surface area contributed by atoms with Crippen LogP contribution in [0.1, 0.15) is 30.8 Å². The van der Waals surface area contributed by atoms with Crippen molar-refractivity contribution >= 4 is 17.4 Å². The van der Waals surface area contributed by atoms with Crippen molar-refractivity contribution in [3.63, 3.8) is 0 Å². The van der Waals surface area contributed by atoms with Crippen LogP contribution in [-0.4, -0.2) is 54.1 Å². The first kappa shape index (κ1) is 19.7. The van der Waals surface area contributed by atoms with E-state index in [1.54, 1.807) is 18.2 Å². The zero-order valence-corrected chi connectivity index (χ0v) is 15.8. The Balaban J connectivity index is 1.91. The summed E-state index contributed by atoms with van der Waals surface area (Å²) < 4.78 is 5.59. The van der Waals surface area contributed by atoms with Crippen LogP contribution in [0.3, 0.4) is 0 Å². The van der Waals surface area contributed by atoms with Crippen molar-refractivity contribution < 1.29 is 9.53 Å². The van der Waals surface area contributed by atoms with Crippen LogP contribution in [0.2, 0.25) is 0 Å². The second-order valence-electron chi connectivity index (χ2n) is 6.52. The Morgan fingerprint density at radius 1 is 1.19 bits per heavy atom. The molecule has 0 fully saturated rings. The number of rotatable bonds is 9. The number of carbonyl (C=O) groups is 1. The molecule has 0 saturated carbocycles. The van der Waals surface area contributed by atoms with Crippen LogP contribution < -0.4 is 15.4 Å². The number of nitrogens with zero attached hydrogens (tertiary/aromatic N) is 3. The SMILES string of the molecule is CC(C)Oc1ccc(NC(=O)c2cc(NCCCN(C)C)ncn2)cc1. The molecule has 0 radical (unpaired) electrons. The number of carbonyl (C=O) groups excluding carboxylic acids is 1. The maximum atomic E-state index is 12.4. The molecule has 7 heteroatoms. The Hall–Kier alpha value is -2.67. The molecule has 0 aliphatic heterocycles. The number of hydrogen-bond acceptors (Lipinski definition) is 6. The minimum Gasteiger partial charge on any atom is -0.491 e. The molecule has 2 aromatic rings. The molecule has 1 heterocycles. The van der Waals surface area contributed by atoms with Crippen molar-refractivity contribution in [1.82, 2.24) is 14.9 Å². The van der Waals surface area contributed by atoms with Crippen LogP contribution in [0.5, 0.6) is 5.75 Å². The van der Waals surface area contributed by atoms with Gasteiger partial charge in [0.05, 0.1) is 6.10 Å². The minimum absolute atomic E-state index is 0.111. The van der Waals surface area contributed by atoms with Gasteiger partial charge in [0.25, 0.3) is 5.91 Å². The number of nitrogens with one attached hydrogen (secondary N) is 2. The fourth-order valence-corrected chi connectivity index (χ4v) is 2.27. The molecule has 0 aliphatic carbocycles. The van der Waals surface area contributed by atoms with Crippen LogP contribution in [-0.2, 0) is 0 Å². The zero-order valence-electron chi connectivity index (χ0n) is 15.8. The van der Waals surface area contributed by atoms with Crippen molar-refractivity contribution in [2.45, 2.75) is 26.4 Å². The topological polar surface area (TPSA) is 79.4 Å². The van der Waals surface area contributed by atoms with E-state index >= 15 is 0 Å². The maximum absolute atomic E-state index is 12.4. The summed E-state index contributed by atoms with van der Waals surface area (Å²) >= 11 is 0.